The third kappa shape index (κ3) is 5.33. The van der Waals surface area contributed by atoms with E-state index in [0.29, 0.717) is 11.4 Å². The Morgan fingerprint density at radius 3 is 2.53 bits per heavy atom. The molecule has 0 spiro atoms. The summed E-state index contributed by atoms with van der Waals surface area (Å²) in [5, 5.41) is 10.5. The Morgan fingerprint density at radius 1 is 1.53 bits per heavy atom. The number of aliphatic carboxylic acids is 1. The Kier molecular flexibility index (Phi) is 7.42. The van der Waals surface area contributed by atoms with Crippen LogP contribution in [0.15, 0.2) is 22.7 Å². The molecule has 1 rings (SSSR count). The topological polar surface area (TPSA) is 49.4 Å². The van der Waals surface area contributed by atoms with E-state index in [0.717, 1.165) is 12.1 Å². The van der Waals surface area contributed by atoms with E-state index in [1.165, 1.54) is 6.07 Å². The SMILES string of the molecule is CC(F)(F)c1cc(Br)ccc1O[C@@H](CF)C(=O)[O-].[Na+]. The summed E-state index contributed by atoms with van der Waals surface area (Å²) in [6.45, 7) is -0.738. The second-order valence-corrected chi connectivity index (χ2v) is 4.52. The first kappa shape index (κ1) is 18.8. The number of carbonyl (C=O) groups excluding carboxylic acids is 1. The van der Waals surface area contributed by atoms with Crippen LogP contribution in [0.5, 0.6) is 5.75 Å². The molecule has 0 heterocycles. The van der Waals surface area contributed by atoms with Crippen LogP contribution in [0.1, 0.15) is 12.5 Å². The molecule has 100 valence electrons. The minimum Gasteiger partial charge on any atom is -0.546 e. The monoisotopic (exact) mass is 348 g/mol. The molecule has 19 heavy (non-hydrogen) atoms. The molecule has 0 aromatic heterocycles. The quantitative estimate of drug-likeness (QED) is 0.643. The fourth-order valence-corrected chi connectivity index (χ4v) is 1.60. The number of carbonyl (C=O) groups is 1. The molecule has 1 aromatic rings. The second-order valence-electron chi connectivity index (χ2n) is 3.61. The smallest absolute Gasteiger partial charge is 0.546 e. The number of halogens is 4. The molecule has 0 bridgehead atoms. The average Bonchev–Trinajstić information content (AvgIpc) is 2.25. The van der Waals surface area contributed by atoms with Crippen molar-refractivity contribution in [2.24, 2.45) is 0 Å². The van der Waals surface area contributed by atoms with Crippen molar-refractivity contribution in [3.63, 3.8) is 0 Å². The van der Waals surface area contributed by atoms with Gasteiger partial charge in [0, 0.05) is 11.4 Å². The first-order chi connectivity index (χ1) is 8.25. The number of benzene rings is 1. The number of rotatable bonds is 5. The van der Waals surface area contributed by atoms with Crippen molar-refractivity contribution in [3.05, 3.63) is 28.2 Å². The summed E-state index contributed by atoms with van der Waals surface area (Å²) in [6.07, 6.45) is -1.91. The van der Waals surface area contributed by atoms with Gasteiger partial charge >= 0.3 is 29.6 Å². The number of carboxylic acid groups (broad SMARTS) is 1. The zero-order valence-electron chi connectivity index (χ0n) is 10.3. The largest absolute Gasteiger partial charge is 1.00 e. The third-order valence-electron chi connectivity index (χ3n) is 2.09. The summed E-state index contributed by atoms with van der Waals surface area (Å²) in [5.41, 5.74) is -0.531. The standard InChI is InChI=1S/C11H10BrF3O3.Na/c1-11(14,15)7-4-6(12)2-3-8(7)18-9(5-13)10(16)17;/h2-4,9H,5H2,1H3,(H,16,17);/q;+1/p-1/t9-;/m0./s1. The Labute approximate surface area is 138 Å². The number of hydrogen-bond donors (Lipinski definition) is 0. The van der Waals surface area contributed by atoms with Gasteiger partial charge in [-0.15, -0.1) is 0 Å². The number of carboxylic acids is 1. The number of ether oxygens (including phenoxy) is 1. The fraction of sp³-hybridized carbons (Fsp3) is 0.364. The van der Waals surface area contributed by atoms with E-state index >= 15 is 0 Å². The molecule has 0 amide bonds. The van der Waals surface area contributed by atoms with Crippen molar-refractivity contribution in [1.29, 1.82) is 0 Å². The first-order valence-corrected chi connectivity index (χ1v) is 5.66. The van der Waals surface area contributed by atoms with Crippen LogP contribution in [0.4, 0.5) is 13.2 Å². The number of hydrogen-bond acceptors (Lipinski definition) is 3. The van der Waals surface area contributed by atoms with Gasteiger partial charge in [0.1, 0.15) is 12.4 Å². The van der Waals surface area contributed by atoms with Crippen molar-refractivity contribution in [1.82, 2.24) is 0 Å². The van der Waals surface area contributed by atoms with Gasteiger partial charge in [0.05, 0.1) is 11.5 Å². The van der Waals surface area contributed by atoms with Crippen LogP contribution >= 0.6 is 15.9 Å². The molecule has 0 radical (unpaired) electrons. The normalized spacial score (nSPS) is 12.5. The maximum atomic E-state index is 13.3. The maximum absolute atomic E-state index is 13.3. The predicted molar refractivity (Wildman–Crippen MR) is 59.1 cm³/mol. The van der Waals surface area contributed by atoms with Crippen LogP contribution in [0.3, 0.4) is 0 Å². The zero-order valence-corrected chi connectivity index (χ0v) is 13.8. The van der Waals surface area contributed by atoms with Gasteiger partial charge in [0.15, 0.2) is 6.10 Å². The van der Waals surface area contributed by atoms with Crippen molar-refractivity contribution in [3.8, 4) is 5.75 Å². The van der Waals surface area contributed by atoms with Gasteiger partial charge < -0.3 is 14.6 Å². The van der Waals surface area contributed by atoms with Crippen LogP contribution in [0, 0.1) is 0 Å². The summed E-state index contributed by atoms with van der Waals surface area (Å²) >= 11 is 3.01. The van der Waals surface area contributed by atoms with E-state index in [1.807, 2.05) is 0 Å². The summed E-state index contributed by atoms with van der Waals surface area (Å²) in [7, 11) is 0. The molecule has 0 N–H and O–H groups in total. The predicted octanol–water partition coefficient (Wildman–Crippen LogP) is -0.968. The van der Waals surface area contributed by atoms with Crippen molar-refractivity contribution >= 4 is 21.9 Å². The minimum atomic E-state index is -3.24. The molecule has 8 heteroatoms. The number of alkyl halides is 3. The summed E-state index contributed by atoms with van der Waals surface area (Å²) in [6, 6.07) is 3.61. The van der Waals surface area contributed by atoms with Crippen LogP contribution < -0.4 is 39.4 Å². The van der Waals surface area contributed by atoms with Gasteiger partial charge in [-0.2, -0.15) is 0 Å². The molecule has 0 saturated heterocycles. The molecule has 0 aliphatic rings. The molecule has 0 fully saturated rings. The van der Waals surface area contributed by atoms with E-state index in [9.17, 15) is 23.1 Å². The average molecular weight is 349 g/mol. The molecule has 3 nitrogen and oxygen atoms in total. The Morgan fingerprint density at radius 2 is 2.11 bits per heavy atom. The van der Waals surface area contributed by atoms with Gasteiger partial charge in [-0.25, -0.2) is 13.2 Å². The molecular weight excluding hydrogens is 340 g/mol. The Bertz CT molecular complexity index is 451. The van der Waals surface area contributed by atoms with Crippen molar-refractivity contribution in [2.45, 2.75) is 19.0 Å². The molecule has 0 aliphatic carbocycles. The van der Waals surface area contributed by atoms with E-state index < -0.39 is 36.0 Å². The summed E-state index contributed by atoms with van der Waals surface area (Å²) in [4.78, 5) is 10.5. The molecule has 0 unspecified atom stereocenters. The fourth-order valence-electron chi connectivity index (χ4n) is 1.24. The molecule has 0 saturated carbocycles. The van der Waals surface area contributed by atoms with Crippen molar-refractivity contribution < 1.29 is 57.4 Å². The van der Waals surface area contributed by atoms with Crippen LogP contribution in [0.25, 0.3) is 0 Å². The van der Waals surface area contributed by atoms with Gasteiger partial charge in [-0.05, 0) is 18.2 Å². The second kappa shape index (κ2) is 7.52. The van der Waals surface area contributed by atoms with E-state index in [2.05, 4.69) is 15.9 Å². The van der Waals surface area contributed by atoms with Gasteiger partial charge in [0.2, 0.25) is 0 Å². The Balaban J connectivity index is 0.00000324. The van der Waals surface area contributed by atoms with Crippen LogP contribution in [-0.4, -0.2) is 18.7 Å². The minimum absolute atomic E-state index is 0. The van der Waals surface area contributed by atoms with Crippen LogP contribution in [0.2, 0.25) is 0 Å². The molecule has 1 aromatic carbocycles. The molecule has 0 aliphatic heterocycles. The van der Waals surface area contributed by atoms with Gasteiger partial charge in [0.25, 0.3) is 5.92 Å². The van der Waals surface area contributed by atoms with Gasteiger partial charge in [-0.3, -0.25) is 0 Å². The summed E-state index contributed by atoms with van der Waals surface area (Å²) < 4.78 is 44.0. The molecular formula is C11H9BrF3NaO3. The molecule has 1 atom stereocenters. The maximum Gasteiger partial charge on any atom is 1.00 e. The first-order valence-electron chi connectivity index (χ1n) is 4.87. The van der Waals surface area contributed by atoms with E-state index in [1.54, 1.807) is 0 Å². The van der Waals surface area contributed by atoms with E-state index in [-0.39, 0.29) is 29.6 Å². The Hall–Kier alpha value is -0.240. The van der Waals surface area contributed by atoms with Crippen molar-refractivity contribution in [2.75, 3.05) is 6.67 Å². The van der Waals surface area contributed by atoms with E-state index in [4.69, 9.17) is 4.74 Å². The third-order valence-corrected chi connectivity index (χ3v) is 2.58. The van der Waals surface area contributed by atoms with Crippen LogP contribution in [-0.2, 0) is 10.7 Å². The summed E-state index contributed by atoms with van der Waals surface area (Å²) in [5.74, 6) is -5.44. The van der Waals surface area contributed by atoms with Gasteiger partial charge in [-0.1, -0.05) is 15.9 Å². The zero-order chi connectivity index (χ0) is 13.9.